The van der Waals surface area contributed by atoms with Crippen LogP contribution in [0.25, 0.3) is 33.6 Å². The minimum Gasteiger partial charge on any atom is -0.396 e. The molecular formula is C33H27F3IrN2O3S-2. The summed E-state index contributed by atoms with van der Waals surface area (Å²) in [6.07, 6.45) is 4.42. The van der Waals surface area contributed by atoms with E-state index in [2.05, 4.69) is 76.5 Å². The van der Waals surface area contributed by atoms with Gasteiger partial charge in [-0.3, -0.25) is 0 Å². The standard InChI is InChI=1S/C21H20N.C12H7F3NO3S.Ir/c1-16(2)13-17-7-5-8-18(14-17)19-9-6-10-20(15-19)21-11-3-4-12-22-21;13-12(14,15)20(17,18)19-10-5-3-4-9(8-10)11-6-1-2-7-16-11;/h3-9,11-12,14-16H,13H2,1-2H3;1-3,5-8H;/q2*-1;. The van der Waals surface area contributed by atoms with Crippen molar-refractivity contribution in [2.75, 3.05) is 0 Å². The Balaban J connectivity index is 0.000000231. The molecule has 0 aliphatic heterocycles. The summed E-state index contributed by atoms with van der Waals surface area (Å²) in [6.45, 7) is 4.51. The minimum absolute atomic E-state index is 0. The third kappa shape index (κ3) is 9.58. The molecule has 0 bridgehead atoms. The fourth-order valence-electron chi connectivity index (χ4n) is 4.01. The smallest absolute Gasteiger partial charge is 0.396 e. The van der Waals surface area contributed by atoms with Gasteiger partial charge in [-0.05, 0) is 47.0 Å². The number of nitrogens with zero attached hydrogens (tertiary/aromatic N) is 2. The number of rotatable bonds is 7. The number of hydrogen-bond donors (Lipinski definition) is 0. The van der Waals surface area contributed by atoms with Crippen LogP contribution >= 0.6 is 0 Å². The Kier molecular flexibility index (Phi) is 11.8. The van der Waals surface area contributed by atoms with E-state index in [1.54, 1.807) is 18.2 Å². The summed E-state index contributed by atoms with van der Waals surface area (Å²) in [7, 11) is -5.68. The normalized spacial score (nSPS) is 11.2. The topological polar surface area (TPSA) is 69.2 Å². The monoisotopic (exact) mass is 781 g/mol. The summed E-state index contributed by atoms with van der Waals surface area (Å²) >= 11 is 0. The molecule has 0 fully saturated rings. The molecule has 5 rings (SSSR count). The summed E-state index contributed by atoms with van der Waals surface area (Å²) in [5, 5.41) is 0. The molecule has 3 aromatic carbocycles. The zero-order valence-corrected chi connectivity index (χ0v) is 26.4. The van der Waals surface area contributed by atoms with Crippen molar-refractivity contribution in [2.24, 2.45) is 5.92 Å². The molecule has 0 N–H and O–H groups in total. The van der Waals surface area contributed by atoms with Gasteiger partial charge in [-0.2, -0.15) is 21.6 Å². The van der Waals surface area contributed by atoms with Gasteiger partial charge in [-0.1, -0.05) is 74.5 Å². The maximum absolute atomic E-state index is 12.2. The van der Waals surface area contributed by atoms with Gasteiger partial charge in [0.2, 0.25) is 0 Å². The van der Waals surface area contributed by atoms with Gasteiger partial charge in [0.1, 0.15) is 0 Å². The van der Waals surface area contributed by atoms with Crippen molar-refractivity contribution in [3.8, 4) is 39.4 Å². The third-order valence-electron chi connectivity index (χ3n) is 5.85. The van der Waals surface area contributed by atoms with Crippen molar-refractivity contribution in [3.63, 3.8) is 0 Å². The molecule has 0 amide bonds. The Morgan fingerprint density at radius 2 is 1.35 bits per heavy atom. The van der Waals surface area contributed by atoms with Crippen LogP contribution in [0.4, 0.5) is 13.2 Å². The van der Waals surface area contributed by atoms with E-state index in [0.29, 0.717) is 17.2 Å². The van der Waals surface area contributed by atoms with E-state index < -0.39 is 21.4 Å². The summed E-state index contributed by atoms with van der Waals surface area (Å²) in [5.74, 6) is 0.213. The van der Waals surface area contributed by atoms with Crippen LogP contribution in [0.3, 0.4) is 0 Å². The van der Waals surface area contributed by atoms with E-state index in [1.807, 2.05) is 30.5 Å². The van der Waals surface area contributed by atoms with E-state index >= 15 is 0 Å². The summed E-state index contributed by atoms with van der Waals surface area (Å²) in [4.78, 5) is 8.39. The van der Waals surface area contributed by atoms with Crippen LogP contribution in [0.2, 0.25) is 0 Å². The van der Waals surface area contributed by atoms with E-state index in [0.717, 1.165) is 29.8 Å². The molecule has 0 spiro atoms. The number of hydrogen-bond acceptors (Lipinski definition) is 5. The van der Waals surface area contributed by atoms with Crippen molar-refractivity contribution in [3.05, 3.63) is 127 Å². The average molecular weight is 781 g/mol. The van der Waals surface area contributed by atoms with E-state index in [1.165, 1.54) is 29.0 Å². The molecule has 0 atom stereocenters. The second-order valence-electron chi connectivity index (χ2n) is 9.64. The Bertz CT molecular complexity index is 1720. The van der Waals surface area contributed by atoms with Crippen LogP contribution in [0.1, 0.15) is 19.4 Å². The fourth-order valence-corrected chi connectivity index (χ4v) is 4.46. The number of aromatic nitrogens is 2. The Labute approximate surface area is 263 Å². The second-order valence-corrected chi connectivity index (χ2v) is 11.2. The first kappa shape index (κ1) is 33.6. The molecule has 10 heteroatoms. The zero-order chi connectivity index (χ0) is 30.2. The molecule has 225 valence electrons. The van der Waals surface area contributed by atoms with Gasteiger partial charge in [-0.15, -0.1) is 53.1 Å². The van der Waals surface area contributed by atoms with Crippen molar-refractivity contribution in [2.45, 2.75) is 25.8 Å². The Morgan fingerprint density at radius 3 is 1.91 bits per heavy atom. The quantitative estimate of drug-likeness (QED) is 0.0948. The first-order valence-corrected chi connectivity index (χ1v) is 14.4. The predicted octanol–water partition coefficient (Wildman–Crippen LogP) is 8.19. The molecule has 43 heavy (non-hydrogen) atoms. The zero-order valence-electron chi connectivity index (χ0n) is 23.2. The van der Waals surface area contributed by atoms with Gasteiger partial charge < -0.3 is 14.2 Å². The summed E-state index contributed by atoms with van der Waals surface area (Å²) in [6, 6.07) is 35.4. The molecule has 5 aromatic rings. The molecule has 0 aliphatic rings. The van der Waals surface area contributed by atoms with Gasteiger partial charge in [-0.25, -0.2) is 0 Å². The van der Waals surface area contributed by atoms with Gasteiger partial charge in [0.05, 0.1) is 5.75 Å². The van der Waals surface area contributed by atoms with E-state index in [-0.39, 0.29) is 20.1 Å². The van der Waals surface area contributed by atoms with Crippen molar-refractivity contribution >= 4 is 10.1 Å². The largest absolute Gasteiger partial charge is 0.534 e. The fraction of sp³-hybridized carbons (Fsp3) is 0.152. The van der Waals surface area contributed by atoms with Gasteiger partial charge in [0, 0.05) is 32.5 Å². The molecule has 1 radical (unpaired) electrons. The molecule has 0 unspecified atom stereocenters. The van der Waals surface area contributed by atoms with Crippen LogP contribution in [0.15, 0.2) is 109 Å². The van der Waals surface area contributed by atoms with Crippen LogP contribution in [-0.2, 0) is 36.6 Å². The molecule has 5 nitrogen and oxygen atoms in total. The second kappa shape index (κ2) is 15.0. The van der Waals surface area contributed by atoms with E-state index in [9.17, 15) is 21.6 Å². The predicted molar refractivity (Wildman–Crippen MR) is 157 cm³/mol. The van der Waals surface area contributed by atoms with Crippen LogP contribution in [0.5, 0.6) is 5.75 Å². The number of alkyl halides is 3. The van der Waals surface area contributed by atoms with Crippen LogP contribution in [-0.4, -0.2) is 23.9 Å². The molecule has 0 aliphatic carbocycles. The molecule has 2 aromatic heterocycles. The summed E-state index contributed by atoms with van der Waals surface area (Å²) in [5.41, 5.74) is 1.13. The first-order valence-electron chi connectivity index (χ1n) is 13.0. The Hall–Kier alpha value is -3.85. The van der Waals surface area contributed by atoms with Crippen molar-refractivity contribution < 1.29 is 45.9 Å². The molecule has 2 heterocycles. The third-order valence-corrected chi connectivity index (χ3v) is 6.83. The maximum Gasteiger partial charge on any atom is 0.534 e. The van der Waals surface area contributed by atoms with Crippen LogP contribution < -0.4 is 4.18 Å². The summed E-state index contributed by atoms with van der Waals surface area (Å²) < 4.78 is 62.4. The van der Waals surface area contributed by atoms with Crippen LogP contribution in [0, 0.1) is 18.1 Å². The van der Waals surface area contributed by atoms with Gasteiger partial charge >= 0.3 is 15.6 Å². The number of halogens is 3. The average Bonchev–Trinajstić information content (AvgIpc) is 2.98. The van der Waals surface area contributed by atoms with E-state index in [4.69, 9.17) is 0 Å². The maximum atomic E-state index is 12.2. The molecule has 0 saturated heterocycles. The SMILES string of the molecule is CC(C)Cc1cccc(-c2cc[c-]c(-c3ccccn3)c2)c1.O=S(=O)(Oc1cc[c-]c(-c2ccccn2)c1)C(F)(F)F.[Ir]. The minimum atomic E-state index is -5.68. The first-order chi connectivity index (χ1) is 20.0. The number of benzene rings is 3. The molecule has 0 saturated carbocycles. The molecular weight excluding hydrogens is 754 g/mol. The van der Waals surface area contributed by atoms with Gasteiger partial charge in [0.15, 0.2) is 0 Å². The van der Waals surface area contributed by atoms with Gasteiger partial charge in [0.25, 0.3) is 0 Å². The Morgan fingerprint density at radius 1 is 0.767 bits per heavy atom. The number of pyridine rings is 2. The van der Waals surface area contributed by atoms with Crippen molar-refractivity contribution in [1.82, 2.24) is 9.97 Å². The van der Waals surface area contributed by atoms with Crippen molar-refractivity contribution in [1.29, 1.82) is 0 Å².